The number of likely N-dealkylation sites (tertiary alicyclic amines) is 1. The molecule has 1 unspecified atom stereocenters. The topological polar surface area (TPSA) is 43.8 Å². The number of aliphatic hydroxyl groups is 1. The van der Waals surface area contributed by atoms with Crippen molar-refractivity contribution >= 4 is 5.91 Å². The van der Waals surface area contributed by atoms with Crippen LogP contribution in [0.1, 0.15) is 19.8 Å². The van der Waals surface area contributed by atoms with Gasteiger partial charge in [0.2, 0.25) is 5.91 Å². The van der Waals surface area contributed by atoms with Gasteiger partial charge in [-0.3, -0.25) is 4.79 Å². The lowest BCUT2D eigenvalue weighted by Crippen LogP contribution is -2.35. The molecule has 0 spiro atoms. The quantitative estimate of drug-likeness (QED) is 0.693. The van der Waals surface area contributed by atoms with E-state index in [1.165, 1.54) is 0 Å². The Balaban J connectivity index is 2.33. The van der Waals surface area contributed by atoms with Gasteiger partial charge in [0.1, 0.15) is 0 Å². The van der Waals surface area contributed by atoms with Crippen LogP contribution in [0, 0.1) is 0 Å². The molecule has 1 fully saturated rings. The smallest absolute Gasteiger partial charge is 0.223 e. The summed E-state index contributed by atoms with van der Waals surface area (Å²) in [7, 11) is 3.90. The molecule has 1 aliphatic rings. The van der Waals surface area contributed by atoms with Crippen molar-refractivity contribution in [2.24, 2.45) is 0 Å². The molecule has 0 saturated carbocycles. The summed E-state index contributed by atoms with van der Waals surface area (Å²) in [4.78, 5) is 15.4. The van der Waals surface area contributed by atoms with Crippen molar-refractivity contribution in [3.63, 3.8) is 0 Å². The van der Waals surface area contributed by atoms with Gasteiger partial charge >= 0.3 is 0 Å². The molecule has 1 rings (SSSR count). The van der Waals surface area contributed by atoms with Crippen LogP contribution in [-0.4, -0.2) is 60.1 Å². The summed E-state index contributed by atoms with van der Waals surface area (Å²) < 4.78 is 0. The van der Waals surface area contributed by atoms with Gasteiger partial charge in [0.25, 0.3) is 0 Å². The maximum absolute atomic E-state index is 11.6. The lowest BCUT2D eigenvalue weighted by molar-refractivity contribution is -0.131. The zero-order chi connectivity index (χ0) is 10.8. The van der Waals surface area contributed by atoms with Gasteiger partial charge in [0.05, 0.1) is 5.60 Å². The van der Waals surface area contributed by atoms with Crippen LogP contribution < -0.4 is 0 Å². The summed E-state index contributed by atoms with van der Waals surface area (Å²) in [5, 5.41) is 9.69. The summed E-state index contributed by atoms with van der Waals surface area (Å²) in [6, 6.07) is 0. The Hall–Kier alpha value is -0.610. The molecular weight excluding hydrogens is 180 g/mol. The van der Waals surface area contributed by atoms with Crippen LogP contribution in [-0.2, 0) is 4.79 Å². The minimum absolute atomic E-state index is 0.150. The maximum atomic E-state index is 11.6. The fraction of sp³-hybridized carbons (Fsp3) is 0.900. The van der Waals surface area contributed by atoms with Crippen LogP contribution in [0.5, 0.6) is 0 Å². The molecule has 0 radical (unpaired) electrons. The molecule has 4 heteroatoms. The van der Waals surface area contributed by atoms with Crippen molar-refractivity contribution in [3.05, 3.63) is 0 Å². The molecule has 1 aliphatic heterocycles. The van der Waals surface area contributed by atoms with Gasteiger partial charge in [0, 0.05) is 26.1 Å². The van der Waals surface area contributed by atoms with Crippen molar-refractivity contribution in [3.8, 4) is 0 Å². The minimum atomic E-state index is -0.673. The summed E-state index contributed by atoms with van der Waals surface area (Å²) in [5.74, 6) is 0.150. The minimum Gasteiger partial charge on any atom is -0.388 e. The van der Waals surface area contributed by atoms with Gasteiger partial charge < -0.3 is 14.9 Å². The predicted molar refractivity (Wildman–Crippen MR) is 55.0 cm³/mol. The van der Waals surface area contributed by atoms with Gasteiger partial charge in [-0.1, -0.05) is 0 Å². The van der Waals surface area contributed by atoms with E-state index in [9.17, 15) is 9.90 Å². The third-order valence-corrected chi connectivity index (χ3v) is 2.58. The maximum Gasteiger partial charge on any atom is 0.223 e. The largest absolute Gasteiger partial charge is 0.388 e. The Kier molecular flexibility index (Phi) is 3.50. The van der Waals surface area contributed by atoms with E-state index < -0.39 is 5.60 Å². The Morgan fingerprint density at radius 1 is 1.57 bits per heavy atom. The molecule has 0 aromatic carbocycles. The SMILES string of the molecule is CN(C)CCC(=O)N1CCC(C)(O)C1. The third kappa shape index (κ3) is 3.27. The molecular formula is C10H20N2O2. The van der Waals surface area contributed by atoms with Crippen molar-refractivity contribution in [1.82, 2.24) is 9.80 Å². The first-order valence-electron chi connectivity index (χ1n) is 5.06. The highest BCUT2D eigenvalue weighted by atomic mass is 16.3. The fourth-order valence-corrected chi connectivity index (χ4v) is 1.64. The number of nitrogens with zero attached hydrogens (tertiary/aromatic N) is 2. The monoisotopic (exact) mass is 200 g/mol. The molecule has 1 saturated heterocycles. The molecule has 1 N–H and O–H groups in total. The van der Waals surface area contributed by atoms with Gasteiger partial charge in [-0.15, -0.1) is 0 Å². The van der Waals surface area contributed by atoms with Gasteiger partial charge in [0.15, 0.2) is 0 Å². The Bertz CT molecular complexity index is 214. The molecule has 1 heterocycles. The number of carbonyl (C=O) groups is 1. The van der Waals surface area contributed by atoms with Crippen molar-refractivity contribution in [2.75, 3.05) is 33.7 Å². The van der Waals surface area contributed by atoms with E-state index in [1.54, 1.807) is 11.8 Å². The van der Waals surface area contributed by atoms with Crippen LogP contribution >= 0.6 is 0 Å². The number of carbonyl (C=O) groups excluding carboxylic acids is 1. The first kappa shape index (κ1) is 11.5. The molecule has 14 heavy (non-hydrogen) atoms. The average molecular weight is 200 g/mol. The molecule has 0 aromatic heterocycles. The first-order valence-corrected chi connectivity index (χ1v) is 5.06. The van der Waals surface area contributed by atoms with Crippen LogP contribution in [0.3, 0.4) is 0 Å². The predicted octanol–water partition coefficient (Wildman–Crippen LogP) is -0.0786. The lowest BCUT2D eigenvalue weighted by Gasteiger charge is -2.19. The molecule has 82 valence electrons. The zero-order valence-corrected chi connectivity index (χ0v) is 9.29. The second-order valence-corrected chi connectivity index (χ2v) is 4.62. The van der Waals surface area contributed by atoms with E-state index >= 15 is 0 Å². The van der Waals surface area contributed by atoms with Crippen LogP contribution in [0.25, 0.3) is 0 Å². The number of β-amino-alcohol motifs (C(OH)–C–C–N with tert-alkyl or cyclic N) is 1. The summed E-state index contributed by atoms with van der Waals surface area (Å²) >= 11 is 0. The number of hydrogen-bond donors (Lipinski definition) is 1. The second kappa shape index (κ2) is 4.28. The van der Waals surface area contributed by atoms with E-state index in [1.807, 2.05) is 19.0 Å². The van der Waals surface area contributed by atoms with Crippen LogP contribution in [0.15, 0.2) is 0 Å². The van der Waals surface area contributed by atoms with E-state index in [2.05, 4.69) is 0 Å². The van der Waals surface area contributed by atoms with Crippen LogP contribution in [0.4, 0.5) is 0 Å². The Morgan fingerprint density at radius 3 is 2.64 bits per heavy atom. The van der Waals surface area contributed by atoms with Crippen molar-refractivity contribution < 1.29 is 9.90 Å². The van der Waals surface area contributed by atoms with Gasteiger partial charge in [-0.05, 0) is 27.4 Å². The Morgan fingerprint density at radius 2 is 2.21 bits per heavy atom. The molecule has 1 atom stereocenters. The van der Waals surface area contributed by atoms with E-state index in [4.69, 9.17) is 0 Å². The molecule has 1 amide bonds. The third-order valence-electron chi connectivity index (χ3n) is 2.58. The normalized spacial score (nSPS) is 27.4. The number of hydrogen-bond acceptors (Lipinski definition) is 3. The van der Waals surface area contributed by atoms with Gasteiger partial charge in [-0.25, -0.2) is 0 Å². The molecule has 0 aromatic rings. The van der Waals surface area contributed by atoms with E-state index in [-0.39, 0.29) is 5.91 Å². The molecule has 0 aliphatic carbocycles. The molecule has 4 nitrogen and oxygen atoms in total. The highest BCUT2D eigenvalue weighted by molar-refractivity contribution is 5.76. The van der Waals surface area contributed by atoms with Crippen LogP contribution in [0.2, 0.25) is 0 Å². The highest BCUT2D eigenvalue weighted by Crippen LogP contribution is 2.20. The van der Waals surface area contributed by atoms with E-state index in [0.717, 1.165) is 6.54 Å². The Labute approximate surface area is 85.5 Å². The van der Waals surface area contributed by atoms with Gasteiger partial charge in [-0.2, -0.15) is 0 Å². The highest BCUT2D eigenvalue weighted by Gasteiger charge is 2.33. The fourth-order valence-electron chi connectivity index (χ4n) is 1.64. The number of rotatable bonds is 3. The summed E-state index contributed by atoms with van der Waals surface area (Å²) in [6.45, 7) is 3.74. The number of amides is 1. The van der Waals surface area contributed by atoms with Crippen molar-refractivity contribution in [1.29, 1.82) is 0 Å². The van der Waals surface area contributed by atoms with Crippen molar-refractivity contribution in [2.45, 2.75) is 25.4 Å². The second-order valence-electron chi connectivity index (χ2n) is 4.62. The first-order chi connectivity index (χ1) is 6.41. The lowest BCUT2D eigenvalue weighted by atomic mass is 10.1. The molecule has 0 bridgehead atoms. The summed E-state index contributed by atoms with van der Waals surface area (Å²) in [6.07, 6.45) is 1.24. The zero-order valence-electron chi connectivity index (χ0n) is 9.29. The average Bonchev–Trinajstić information content (AvgIpc) is 2.41. The van der Waals surface area contributed by atoms with E-state index in [0.29, 0.717) is 25.9 Å². The standard InChI is InChI=1S/C10H20N2O2/c1-10(14)5-7-12(8-10)9(13)4-6-11(2)3/h14H,4-8H2,1-3H3. The summed E-state index contributed by atoms with van der Waals surface area (Å²) in [5.41, 5.74) is -0.673.